The van der Waals surface area contributed by atoms with Gasteiger partial charge in [0.2, 0.25) is 0 Å². The standard InChI is InChI=1S/C39H34ClN9OSi2/c1-47(2)22-13-23-51(3,4)50-52(40)48-36-28-18-9-10-19-29(28)38(48)45-34-26-16-7-8-17-27(26)35(42-34)46-39-31-21-12-11-20-30(31)37(49(39)52)44-33-25-15-6-5-14-24(25)32(41-33)43-36/h5-12,14-21H,13,22-23H2,1-4H3. The van der Waals surface area contributed by atoms with Crippen LogP contribution in [0, 0.1) is 0 Å². The molecule has 0 saturated heterocycles. The van der Waals surface area contributed by atoms with Gasteiger partial charge in [-0.1, -0.05) is 108 Å². The highest BCUT2D eigenvalue weighted by Crippen LogP contribution is 2.44. The predicted octanol–water partition coefficient (Wildman–Crippen LogP) is 6.78. The zero-order valence-corrected chi connectivity index (χ0v) is 31.9. The molecule has 10 rings (SSSR count). The van der Waals surface area contributed by atoms with Crippen molar-refractivity contribution in [3.63, 3.8) is 0 Å². The van der Waals surface area contributed by atoms with Crippen molar-refractivity contribution in [3.8, 4) is 0 Å². The fourth-order valence-corrected chi connectivity index (χ4v) is 17.5. The molecule has 4 aliphatic rings. The molecule has 256 valence electrons. The van der Waals surface area contributed by atoms with E-state index in [1.807, 2.05) is 48.5 Å². The summed E-state index contributed by atoms with van der Waals surface area (Å²) in [6.07, 6.45) is 0.978. The molecular formula is C39H34ClN9OSi2. The molecule has 0 saturated carbocycles. The Morgan fingerprint density at radius 3 is 1.42 bits per heavy atom. The Morgan fingerprint density at radius 2 is 0.981 bits per heavy atom. The molecule has 0 N–H and O–H groups in total. The van der Waals surface area contributed by atoms with Crippen molar-refractivity contribution in [2.45, 2.75) is 25.6 Å². The Labute approximate surface area is 306 Å². The summed E-state index contributed by atoms with van der Waals surface area (Å²) in [5.41, 5.74) is 4.90. The number of rotatable bonds is 6. The van der Waals surface area contributed by atoms with Gasteiger partial charge in [0.25, 0.3) is 0 Å². The van der Waals surface area contributed by atoms with Crippen LogP contribution in [0.15, 0.2) is 127 Å². The third-order valence-corrected chi connectivity index (χ3v) is 18.6. The number of fused-ring (bicyclic) bond motifs is 14. The molecule has 13 heteroatoms. The van der Waals surface area contributed by atoms with Crippen molar-refractivity contribution in [1.29, 1.82) is 0 Å². The van der Waals surface area contributed by atoms with E-state index in [1.54, 1.807) is 0 Å². The SMILES string of the molecule is CN(C)CCC[Si](C)(C)O[Si]1(Cl)n2c3c4ccccc4c2N=C2N=C(N=c4c5ccccc5c(n41)=NC1=NC(=N3)c3ccccc31)c1ccccc12. The maximum atomic E-state index is 8.54. The number of aromatic nitrogens is 2. The molecule has 0 aliphatic carbocycles. The molecule has 52 heavy (non-hydrogen) atoms. The Balaban J connectivity index is 1.44. The molecule has 1 unspecified atom stereocenters. The van der Waals surface area contributed by atoms with E-state index in [0.29, 0.717) is 46.0 Å². The minimum absolute atomic E-state index is 0.571. The van der Waals surface area contributed by atoms with Gasteiger partial charge >= 0.3 is 7.95 Å². The molecule has 0 fully saturated rings. The smallest absolute Gasteiger partial charge is 0.413 e. The molecule has 2 aromatic heterocycles. The van der Waals surface area contributed by atoms with Crippen molar-refractivity contribution in [1.82, 2.24) is 13.4 Å². The van der Waals surface area contributed by atoms with Gasteiger partial charge in [0.1, 0.15) is 22.6 Å². The number of hydrogen-bond acceptors (Lipinski definition) is 8. The molecule has 10 nitrogen and oxygen atoms in total. The second-order valence-electron chi connectivity index (χ2n) is 14.4. The van der Waals surface area contributed by atoms with Crippen molar-refractivity contribution in [3.05, 3.63) is 130 Å². The number of aliphatic imine (C=N–C) groups is 4. The van der Waals surface area contributed by atoms with E-state index in [0.717, 1.165) is 62.8 Å². The van der Waals surface area contributed by atoms with E-state index < -0.39 is 16.3 Å². The maximum Gasteiger partial charge on any atom is 0.530 e. The lowest BCUT2D eigenvalue weighted by Crippen LogP contribution is -2.61. The minimum atomic E-state index is -4.03. The van der Waals surface area contributed by atoms with E-state index in [2.05, 4.69) is 89.1 Å². The highest BCUT2D eigenvalue weighted by atomic mass is 35.6. The fourth-order valence-electron chi connectivity index (χ4n) is 7.74. The lowest BCUT2D eigenvalue weighted by molar-refractivity contribution is 0.403. The van der Waals surface area contributed by atoms with Crippen LogP contribution in [0.2, 0.25) is 19.1 Å². The largest absolute Gasteiger partial charge is 0.530 e. The normalized spacial score (nSPS) is 18.3. The molecule has 0 radical (unpaired) electrons. The van der Waals surface area contributed by atoms with Crippen molar-refractivity contribution >= 4 is 83.9 Å². The fraction of sp³-hybridized carbons (Fsp3) is 0.179. The van der Waals surface area contributed by atoms with Crippen LogP contribution in [-0.4, -0.2) is 73.6 Å². The van der Waals surface area contributed by atoms with Gasteiger partial charge in [-0.15, -0.1) is 0 Å². The Kier molecular flexibility index (Phi) is 6.95. The Bertz CT molecular complexity index is 2630. The summed E-state index contributed by atoms with van der Waals surface area (Å²) in [5, 5.41) is 3.58. The van der Waals surface area contributed by atoms with E-state index in [-0.39, 0.29) is 0 Å². The van der Waals surface area contributed by atoms with Crippen LogP contribution in [0.25, 0.3) is 21.5 Å². The van der Waals surface area contributed by atoms with Gasteiger partial charge in [-0.2, -0.15) is 0 Å². The van der Waals surface area contributed by atoms with Crippen molar-refractivity contribution < 1.29 is 4.12 Å². The van der Waals surface area contributed by atoms with Gasteiger partial charge in [-0.25, -0.2) is 30.0 Å². The summed E-state index contributed by atoms with van der Waals surface area (Å²) in [6, 6.07) is 33.6. The first-order chi connectivity index (χ1) is 25.2. The van der Waals surface area contributed by atoms with E-state index in [4.69, 9.17) is 45.1 Å². The number of amidine groups is 4. The van der Waals surface area contributed by atoms with Gasteiger partial charge in [-0.3, -0.25) is 8.47 Å². The minimum Gasteiger partial charge on any atom is -0.413 e. The highest BCUT2D eigenvalue weighted by molar-refractivity contribution is 7.17. The number of nitrogens with zero attached hydrogens (tertiary/aromatic N) is 9. The van der Waals surface area contributed by atoms with Gasteiger partial charge in [0, 0.05) is 43.8 Å². The molecule has 4 aromatic carbocycles. The number of hydrogen-bond donors (Lipinski definition) is 0. The molecule has 6 heterocycles. The number of benzene rings is 4. The summed E-state index contributed by atoms with van der Waals surface area (Å²) in [4.78, 5) is 34.1. The second kappa shape index (κ2) is 11.4. The highest BCUT2D eigenvalue weighted by Gasteiger charge is 2.51. The zero-order chi connectivity index (χ0) is 35.4. The summed E-state index contributed by atoms with van der Waals surface area (Å²) in [7, 11) is -2.37. The number of halogens is 1. The van der Waals surface area contributed by atoms with Gasteiger partial charge in [0.05, 0.1) is 0 Å². The Morgan fingerprint density at radius 1 is 0.577 bits per heavy atom. The average molecular weight is 736 g/mol. The molecule has 0 amide bonds. The van der Waals surface area contributed by atoms with E-state index >= 15 is 0 Å². The maximum absolute atomic E-state index is 8.54. The molecular weight excluding hydrogens is 702 g/mol. The average Bonchev–Trinajstić information content (AvgIpc) is 3.84. The molecule has 1 atom stereocenters. The van der Waals surface area contributed by atoms with Crippen molar-refractivity contribution in [2.24, 2.45) is 30.0 Å². The van der Waals surface area contributed by atoms with Gasteiger partial charge < -0.3 is 9.02 Å². The van der Waals surface area contributed by atoms with Crippen LogP contribution < -0.4 is 11.0 Å². The predicted molar refractivity (Wildman–Crippen MR) is 213 cm³/mol. The topological polar surface area (TPSA) is 96.5 Å². The van der Waals surface area contributed by atoms with Crippen LogP contribution in [0.1, 0.15) is 28.7 Å². The first-order valence-corrected chi connectivity index (χ1v) is 23.4. The molecule has 6 aromatic rings. The summed E-state index contributed by atoms with van der Waals surface area (Å²) in [6.45, 7) is 5.47. The monoisotopic (exact) mass is 735 g/mol. The van der Waals surface area contributed by atoms with Gasteiger partial charge in [-0.05, 0) is 46.2 Å². The van der Waals surface area contributed by atoms with Gasteiger partial charge in [0.15, 0.2) is 31.7 Å². The van der Waals surface area contributed by atoms with Crippen LogP contribution >= 0.6 is 11.1 Å². The summed E-state index contributed by atoms with van der Waals surface area (Å²) >= 11 is 8.54. The third kappa shape index (κ3) is 4.68. The zero-order valence-electron chi connectivity index (χ0n) is 29.2. The third-order valence-electron chi connectivity index (χ3n) is 10.1. The van der Waals surface area contributed by atoms with Crippen LogP contribution in [-0.2, 0) is 4.12 Å². The van der Waals surface area contributed by atoms with Crippen LogP contribution in [0.5, 0.6) is 0 Å². The molecule has 4 aliphatic heterocycles. The lowest BCUT2D eigenvalue weighted by atomic mass is 10.1. The van der Waals surface area contributed by atoms with E-state index in [9.17, 15) is 0 Å². The molecule has 6 bridgehead atoms. The van der Waals surface area contributed by atoms with E-state index in [1.165, 1.54) is 0 Å². The van der Waals surface area contributed by atoms with Crippen LogP contribution in [0.3, 0.4) is 0 Å². The summed E-state index contributed by atoms with van der Waals surface area (Å²) in [5.74, 6) is 3.56. The molecule has 0 spiro atoms. The summed E-state index contributed by atoms with van der Waals surface area (Å²) < 4.78 is 11.9. The Hall–Kier alpha value is -5.12. The van der Waals surface area contributed by atoms with Crippen LogP contribution in [0.4, 0.5) is 11.6 Å². The second-order valence-corrected chi connectivity index (χ2v) is 22.7. The first kappa shape index (κ1) is 31.6. The van der Waals surface area contributed by atoms with Crippen molar-refractivity contribution in [2.75, 3.05) is 20.6 Å². The first-order valence-electron chi connectivity index (χ1n) is 17.5. The lowest BCUT2D eigenvalue weighted by Gasteiger charge is -2.36. The quantitative estimate of drug-likeness (QED) is 0.139.